The first kappa shape index (κ1) is 14.7. The Morgan fingerprint density at radius 3 is 2.61 bits per heavy atom. The van der Waals surface area contributed by atoms with Crippen LogP contribution in [0.1, 0.15) is 13.8 Å². The standard InChI is InChI=1S/C10H11ClN2O4S/c1-5(2)8(10(14)15)18-9-7(11)3-6(4-12-9)13(16)17/h3-5,8H,1-2H3,(H,14,15). The lowest BCUT2D eigenvalue weighted by molar-refractivity contribution is -0.385. The fourth-order valence-corrected chi connectivity index (χ4v) is 2.39. The Morgan fingerprint density at radius 2 is 2.22 bits per heavy atom. The highest BCUT2D eigenvalue weighted by molar-refractivity contribution is 8.00. The van der Waals surface area contributed by atoms with Gasteiger partial charge in [-0.2, -0.15) is 0 Å². The van der Waals surface area contributed by atoms with Crippen molar-refractivity contribution in [2.24, 2.45) is 5.92 Å². The van der Waals surface area contributed by atoms with E-state index in [2.05, 4.69) is 4.98 Å². The van der Waals surface area contributed by atoms with Gasteiger partial charge >= 0.3 is 5.97 Å². The molecule has 0 aliphatic heterocycles. The van der Waals surface area contributed by atoms with Crippen molar-refractivity contribution in [3.8, 4) is 0 Å². The van der Waals surface area contributed by atoms with E-state index < -0.39 is 16.1 Å². The predicted molar refractivity (Wildman–Crippen MR) is 68.0 cm³/mol. The van der Waals surface area contributed by atoms with E-state index >= 15 is 0 Å². The second-order valence-electron chi connectivity index (χ2n) is 3.86. The molecule has 0 bridgehead atoms. The Hall–Kier alpha value is -1.34. The van der Waals surface area contributed by atoms with Crippen molar-refractivity contribution in [2.75, 3.05) is 0 Å². The zero-order chi connectivity index (χ0) is 13.9. The summed E-state index contributed by atoms with van der Waals surface area (Å²) in [6.07, 6.45) is 1.06. The largest absolute Gasteiger partial charge is 0.480 e. The molecule has 1 rings (SSSR count). The number of halogens is 1. The van der Waals surface area contributed by atoms with Gasteiger partial charge < -0.3 is 5.11 Å². The van der Waals surface area contributed by atoms with E-state index in [1.54, 1.807) is 13.8 Å². The molecule has 0 amide bonds. The van der Waals surface area contributed by atoms with Gasteiger partial charge in [0.25, 0.3) is 5.69 Å². The average molecular weight is 291 g/mol. The van der Waals surface area contributed by atoms with Crippen LogP contribution in [0.2, 0.25) is 5.02 Å². The average Bonchev–Trinajstić information content (AvgIpc) is 2.25. The minimum atomic E-state index is -0.966. The Labute approximate surface area is 113 Å². The summed E-state index contributed by atoms with van der Waals surface area (Å²) in [5.74, 6) is -1.08. The first-order chi connectivity index (χ1) is 8.32. The summed E-state index contributed by atoms with van der Waals surface area (Å²) in [7, 11) is 0. The fraction of sp³-hybridized carbons (Fsp3) is 0.400. The highest BCUT2D eigenvalue weighted by Gasteiger charge is 2.25. The van der Waals surface area contributed by atoms with Crippen LogP contribution < -0.4 is 0 Å². The number of carboxylic acid groups (broad SMARTS) is 1. The topological polar surface area (TPSA) is 93.3 Å². The Kier molecular flexibility index (Phi) is 4.92. The number of nitrogens with zero attached hydrogens (tertiary/aromatic N) is 2. The molecule has 0 fully saturated rings. The number of hydrogen-bond donors (Lipinski definition) is 1. The summed E-state index contributed by atoms with van der Waals surface area (Å²) >= 11 is 6.83. The fourth-order valence-electron chi connectivity index (χ4n) is 1.19. The summed E-state index contributed by atoms with van der Waals surface area (Å²) in [5.41, 5.74) is -0.222. The number of thioether (sulfide) groups is 1. The van der Waals surface area contributed by atoms with E-state index in [0.29, 0.717) is 0 Å². The quantitative estimate of drug-likeness (QED) is 0.509. The van der Waals surface area contributed by atoms with E-state index in [0.717, 1.165) is 24.0 Å². The first-order valence-electron chi connectivity index (χ1n) is 5.02. The van der Waals surface area contributed by atoms with Crippen LogP contribution in [-0.4, -0.2) is 26.2 Å². The monoisotopic (exact) mass is 290 g/mol. The number of carbonyl (C=O) groups is 1. The van der Waals surface area contributed by atoms with E-state index in [-0.39, 0.29) is 21.7 Å². The first-order valence-corrected chi connectivity index (χ1v) is 6.28. The van der Waals surface area contributed by atoms with Gasteiger partial charge in [-0.3, -0.25) is 14.9 Å². The molecule has 0 aliphatic carbocycles. The predicted octanol–water partition coefficient (Wildman–Crippen LogP) is 2.84. The molecule has 0 aliphatic rings. The highest BCUT2D eigenvalue weighted by Crippen LogP contribution is 2.33. The number of pyridine rings is 1. The zero-order valence-electron chi connectivity index (χ0n) is 9.66. The normalized spacial score (nSPS) is 12.4. The molecule has 6 nitrogen and oxygen atoms in total. The van der Waals surface area contributed by atoms with Crippen LogP contribution in [-0.2, 0) is 4.79 Å². The van der Waals surface area contributed by atoms with Gasteiger partial charge in [0.1, 0.15) is 16.5 Å². The lowest BCUT2D eigenvalue weighted by Gasteiger charge is -2.15. The molecule has 1 atom stereocenters. The molecule has 0 saturated carbocycles. The minimum absolute atomic E-state index is 0.0844. The number of hydrogen-bond acceptors (Lipinski definition) is 5. The zero-order valence-corrected chi connectivity index (χ0v) is 11.2. The molecule has 8 heteroatoms. The van der Waals surface area contributed by atoms with Crippen LogP contribution in [0.5, 0.6) is 0 Å². The van der Waals surface area contributed by atoms with Crippen molar-refractivity contribution in [1.29, 1.82) is 0 Å². The number of rotatable bonds is 5. The van der Waals surface area contributed by atoms with E-state index in [9.17, 15) is 14.9 Å². The number of aliphatic carboxylic acids is 1. The van der Waals surface area contributed by atoms with Crippen LogP contribution in [0.3, 0.4) is 0 Å². The Balaban J connectivity index is 2.97. The number of aromatic nitrogens is 1. The van der Waals surface area contributed by atoms with Gasteiger partial charge in [0, 0.05) is 6.07 Å². The van der Waals surface area contributed by atoms with Gasteiger partial charge in [0.15, 0.2) is 0 Å². The molecule has 98 valence electrons. The molecule has 0 aromatic carbocycles. The van der Waals surface area contributed by atoms with E-state index in [4.69, 9.17) is 16.7 Å². The summed E-state index contributed by atoms with van der Waals surface area (Å²) in [4.78, 5) is 24.8. The smallest absolute Gasteiger partial charge is 0.317 e. The molecule has 1 aromatic rings. The van der Waals surface area contributed by atoms with Crippen molar-refractivity contribution < 1.29 is 14.8 Å². The highest BCUT2D eigenvalue weighted by atomic mass is 35.5. The summed E-state index contributed by atoms with van der Waals surface area (Å²) < 4.78 is 0. The molecule has 1 heterocycles. The van der Waals surface area contributed by atoms with Crippen LogP contribution in [0, 0.1) is 16.0 Å². The van der Waals surface area contributed by atoms with Gasteiger partial charge in [-0.1, -0.05) is 37.2 Å². The van der Waals surface area contributed by atoms with Gasteiger partial charge in [0.05, 0.1) is 9.95 Å². The minimum Gasteiger partial charge on any atom is -0.480 e. The third-order valence-corrected chi connectivity index (χ3v) is 4.04. The second kappa shape index (κ2) is 6.01. The summed E-state index contributed by atoms with van der Waals surface area (Å²) in [6.45, 7) is 3.54. The lowest BCUT2D eigenvalue weighted by Crippen LogP contribution is -2.22. The third kappa shape index (κ3) is 3.58. The van der Waals surface area contributed by atoms with Crippen LogP contribution in [0.25, 0.3) is 0 Å². The van der Waals surface area contributed by atoms with Crippen molar-refractivity contribution in [2.45, 2.75) is 24.1 Å². The van der Waals surface area contributed by atoms with Gasteiger partial charge in [-0.25, -0.2) is 4.98 Å². The Bertz CT molecular complexity index is 481. The maximum absolute atomic E-state index is 11.0. The molecule has 1 N–H and O–H groups in total. The van der Waals surface area contributed by atoms with Crippen molar-refractivity contribution in [1.82, 2.24) is 4.98 Å². The lowest BCUT2D eigenvalue weighted by atomic mass is 10.1. The SMILES string of the molecule is CC(C)C(Sc1ncc([N+](=O)[O-])cc1Cl)C(=O)O. The molecule has 1 unspecified atom stereocenters. The van der Waals surface area contributed by atoms with Gasteiger partial charge in [0.2, 0.25) is 0 Å². The molecular weight excluding hydrogens is 280 g/mol. The van der Waals surface area contributed by atoms with Crippen molar-refractivity contribution >= 4 is 35.0 Å². The maximum Gasteiger partial charge on any atom is 0.317 e. The molecular formula is C10H11ClN2O4S. The molecule has 0 radical (unpaired) electrons. The Morgan fingerprint density at radius 1 is 1.61 bits per heavy atom. The van der Waals surface area contributed by atoms with E-state index in [1.165, 1.54) is 0 Å². The van der Waals surface area contributed by atoms with Gasteiger partial charge in [-0.05, 0) is 5.92 Å². The van der Waals surface area contributed by atoms with Gasteiger partial charge in [-0.15, -0.1) is 0 Å². The summed E-state index contributed by atoms with van der Waals surface area (Å²) in [5, 5.41) is 19.2. The summed E-state index contributed by atoms with van der Waals surface area (Å²) in [6, 6.07) is 1.16. The van der Waals surface area contributed by atoms with Crippen LogP contribution in [0.4, 0.5) is 5.69 Å². The number of nitro groups is 1. The molecule has 18 heavy (non-hydrogen) atoms. The van der Waals surface area contributed by atoms with Crippen LogP contribution in [0.15, 0.2) is 17.3 Å². The molecule has 0 spiro atoms. The number of carboxylic acids is 1. The third-order valence-electron chi connectivity index (χ3n) is 2.09. The van der Waals surface area contributed by atoms with Crippen molar-refractivity contribution in [3.05, 3.63) is 27.4 Å². The van der Waals surface area contributed by atoms with Crippen molar-refractivity contribution in [3.63, 3.8) is 0 Å². The molecule has 1 aromatic heterocycles. The van der Waals surface area contributed by atoms with Crippen LogP contribution >= 0.6 is 23.4 Å². The van der Waals surface area contributed by atoms with E-state index in [1.807, 2.05) is 0 Å². The second-order valence-corrected chi connectivity index (χ2v) is 5.40. The molecule has 0 saturated heterocycles. The maximum atomic E-state index is 11.0.